The van der Waals surface area contributed by atoms with E-state index >= 15 is 0 Å². The predicted molar refractivity (Wildman–Crippen MR) is 90.1 cm³/mol. The van der Waals surface area contributed by atoms with Crippen LogP contribution in [-0.2, 0) is 0 Å². The molecule has 2 heterocycles. The molecule has 2 aromatic rings. The number of carbonyl (C=O) groups excluding carboxylic acids is 1. The van der Waals surface area contributed by atoms with Crippen LogP contribution in [0.5, 0.6) is 0 Å². The van der Waals surface area contributed by atoms with E-state index in [2.05, 4.69) is 31.4 Å². The van der Waals surface area contributed by atoms with Crippen molar-refractivity contribution in [2.75, 3.05) is 6.54 Å². The summed E-state index contributed by atoms with van der Waals surface area (Å²) in [5.41, 5.74) is 1.55. The van der Waals surface area contributed by atoms with Gasteiger partial charge in [-0.1, -0.05) is 30.3 Å². The molecule has 6 nitrogen and oxygen atoms in total. The second kappa shape index (κ2) is 7.01. The van der Waals surface area contributed by atoms with E-state index in [1.165, 1.54) is 12.5 Å². The zero-order valence-electron chi connectivity index (χ0n) is 13.1. The Hall–Kier alpha value is -3.07. The molecule has 1 amide bonds. The number of rotatable bonds is 7. The monoisotopic (exact) mass is 319 g/mol. The first kappa shape index (κ1) is 15.8. The highest BCUT2D eigenvalue weighted by Crippen LogP contribution is 2.36. The van der Waals surface area contributed by atoms with Crippen LogP contribution >= 0.6 is 0 Å². The molecule has 1 aliphatic rings. The number of terminal acetylenes is 1. The number of aromatic nitrogens is 2. The van der Waals surface area contributed by atoms with Gasteiger partial charge in [-0.15, -0.1) is 12.3 Å². The summed E-state index contributed by atoms with van der Waals surface area (Å²) in [4.78, 5) is 20.7. The van der Waals surface area contributed by atoms with Gasteiger partial charge in [-0.3, -0.25) is 4.79 Å². The lowest BCUT2D eigenvalue weighted by Crippen LogP contribution is -2.29. The largest absolute Gasteiger partial charge is 0.352 e. The zero-order valence-corrected chi connectivity index (χ0v) is 13.1. The van der Waals surface area contributed by atoms with Crippen molar-refractivity contribution in [2.45, 2.75) is 24.9 Å². The summed E-state index contributed by atoms with van der Waals surface area (Å²) in [5, 5.41) is 11.0. The fourth-order valence-electron chi connectivity index (χ4n) is 2.46. The molecule has 3 rings (SSSR count). The minimum atomic E-state index is -0.394. The summed E-state index contributed by atoms with van der Waals surface area (Å²) >= 11 is 0. The molecule has 1 aromatic carbocycles. The second-order valence-corrected chi connectivity index (χ2v) is 5.54. The molecule has 1 N–H and O–H groups in total. The van der Waals surface area contributed by atoms with Gasteiger partial charge in [0, 0.05) is 37.6 Å². The van der Waals surface area contributed by atoms with Crippen molar-refractivity contribution in [3.8, 4) is 23.6 Å². The first-order chi connectivity index (χ1) is 11.7. The Bertz CT molecular complexity index is 789. The van der Waals surface area contributed by atoms with Crippen LogP contribution in [0.2, 0.25) is 0 Å². The lowest BCUT2D eigenvalue weighted by atomic mass is 10.0. The van der Waals surface area contributed by atoms with Gasteiger partial charge in [0.05, 0.1) is 11.3 Å². The molecule has 1 aliphatic heterocycles. The van der Waals surface area contributed by atoms with Gasteiger partial charge in [-0.2, -0.15) is 10.2 Å². The first-order valence-corrected chi connectivity index (χ1v) is 7.75. The van der Waals surface area contributed by atoms with Crippen LogP contribution in [0, 0.1) is 12.3 Å². The number of amides is 1. The third kappa shape index (κ3) is 3.63. The fraction of sp³-hybridized carbons (Fsp3) is 0.278. The van der Waals surface area contributed by atoms with Crippen molar-refractivity contribution >= 4 is 5.91 Å². The van der Waals surface area contributed by atoms with Gasteiger partial charge in [-0.25, -0.2) is 9.97 Å². The van der Waals surface area contributed by atoms with Crippen LogP contribution in [0.25, 0.3) is 11.3 Å². The van der Waals surface area contributed by atoms with Crippen LogP contribution in [0.3, 0.4) is 0 Å². The third-order valence-corrected chi connectivity index (χ3v) is 3.87. The van der Waals surface area contributed by atoms with E-state index in [9.17, 15) is 4.79 Å². The molecule has 120 valence electrons. The van der Waals surface area contributed by atoms with E-state index in [0.29, 0.717) is 30.6 Å². The fourth-order valence-corrected chi connectivity index (χ4v) is 2.46. The molecule has 1 aromatic heterocycles. The molecule has 6 heteroatoms. The van der Waals surface area contributed by atoms with Crippen LogP contribution in [0.1, 0.15) is 29.6 Å². The highest BCUT2D eigenvalue weighted by molar-refractivity contribution is 5.99. The summed E-state index contributed by atoms with van der Waals surface area (Å²) in [7, 11) is 0. The highest BCUT2D eigenvalue weighted by Gasteiger charge is 2.38. The molecule has 24 heavy (non-hydrogen) atoms. The quantitative estimate of drug-likeness (QED) is 0.797. The van der Waals surface area contributed by atoms with Crippen molar-refractivity contribution in [3.63, 3.8) is 0 Å². The third-order valence-electron chi connectivity index (χ3n) is 3.87. The molecule has 0 bridgehead atoms. The summed E-state index contributed by atoms with van der Waals surface area (Å²) in [6.45, 7) is 0.472. The lowest BCUT2D eigenvalue weighted by molar-refractivity contribution is 0.0952. The number of benzene rings is 1. The molecule has 0 saturated carbocycles. The maximum absolute atomic E-state index is 12.5. The van der Waals surface area contributed by atoms with E-state index in [4.69, 9.17) is 6.42 Å². The normalized spacial score (nSPS) is 14.0. The minimum Gasteiger partial charge on any atom is -0.352 e. The Morgan fingerprint density at radius 1 is 1.21 bits per heavy atom. The maximum Gasteiger partial charge on any atom is 0.255 e. The van der Waals surface area contributed by atoms with Crippen LogP contribution < -0.4 is 5.32 Å². The van der Waals surface area contributed by atoms with E-state index in [-0.39, 0.29) is 5.91 Å². The van der Waals surface area contributed by atoms with E-state index in [1.54, 1.807) is 0 Å². The molecule has 0 atom stereocenters. The van der Waals surface area contributed by atoms with Crippen molar-refractivity contribution in [1.82, 2.24) is 15.3 Å². The summed E-state index contributed by atoms with van der Waals surface area (Å²) in [5.74, 6) is 2.38. The Morgan fingerprint density at radius 2 is 2.00 bits per heavy atom. The SMILES string of the molecule is C#CCCC1(CCNC(=O)c2cncnc2-c2ccccc2)N=N1. The van der Waals surface area contributed by atoms with Gasteiger partial charge < -0.3 is 5.32 Å². The molecule has 0 spiro atoms. The minimum absolute atomic E-state index is 0.206. The number of hydrogen-bond acceptors (Lipinski definition) is 5. The zero-order chi connectivity index (χ0) is 16.8. The molecule has 0 fully saturated rings. The summed E-state index contributed by atoms with van der Waals surface area (Å²) in [6, 6.07) is 9.56. The number of nitrogens with one attached hydrogen (secondary N) is 1. The van der Waals surface area contributed by atoms with Crippen LogP contribution in [0.15, 0.2) is 53.1 Å². The Kier molecular flexibility index (Phi) is 4.62. The predicted octanol–water partition coefficient (Wildman–Crippen LogP) is 2.84. The average Bonchev–Trinajstić information content (AvgIpc) is 3.41. The van der Waals surface area contributed by atoms with Gasteiger partial charge in [0.15, 0.2) is 5.66 Å². The molecule has 0 radical (unpaired) electrons. The second-order valence-electron chi connectivity index (χ2n) is 5.54. The van der Waals surface area contributed by atoms with Crippen LogP contribution in [-0.4, -0.2) is 28.1 Å². The van der Waals surface area contributed by atoms with Crippen molar-refractivity contribution in [1.29, 1.82) is 0 Å². The van der Waals surface area contributed by atoms with Crippen molar-refractivity contribution in [3.05, 3.63) is 48.4 Å². The topological polar surface area (TPSA) is 79.6 Å². The maximum atomic E-state index is 12.5. The van der Waals surface area contributed by atoms with Gasteiger partial charge in [0.1, 0.15) is 6.33 Å². The Labute approximate surface area is 140 Å². The molecule has 0 aliphatic carbocycles. The summed E-state index contributed by atoms with van der Waals surface area (Å²) in [6.07, 6.45) is 10.2. The van der Waals surface area contributed by atoms with E-state index in [0.717, 1.165) is 12.0 Å². The average molecular weight is 319 g/mol. The molecule has 0 saturated heterocycles. The molecule has 0 unspecified atom stereocenters. The standard InChI is InChI=1S/C18H17N5O/c1-2-3-9-18(22-23-18)10-11-20-17(24)15-12-19-13-21-16(15)14-7-5-4-6-8-14/h1,4-8,12-13H,3,9-11H2,(H,20,24). The van der Waals surface area contributed by atoms with Crippen LogP contribution in [0.4, 0.5) is 0 Å². The van der Waals surface area contributed by atoms with E-state index < -0.39 is 5.66 Å². The van der Waals surface area contributed by atoms with E-state index in [1.807, 2.05) is 30.3 Å². The first-order valence-electron chi connectivity index (χ1n) is 7.75. The molecular formula is C18H17N5O. The lowest BCUT2D eigenvalue weighted by Gasteiger charge is -2.11. The number of nitrogens with zero attached hydrogens (tertiary/aromatic N) is 4. The van der Waals surface area contributed by atoms with Gasteiger partial charge >= 0.3 is 0 Å². The Morgan fingerprint density at radius 3 is 2.71 bits per heavy atom. The van der Waals surface area contributed by atoms with Gasteiger partial charge in [0.2, 0.25) is 0 Å². The number of hydrogen-bond donors (Lipinski definition) is 1. The number of carbonyl (C=O) groups is 1. The Balaban J connectivity index is 1.63. The highest BCUT2D eigenvalue weighted by atomic mass is 16.1. The molecular weight excluding hydrogens is 302 g/mol. The van der Waals surface area contributed by atoms with Gasteiger partial charge in [-0.05, 0) is 0 Å². The smallest absolute Gasteiger partial charge is 0.255 e. The van der Waals surface area contributed by atoms with Crippen molar-refractivity contribution < 1.29 is 4.79 Å². The summed E-state index contributed by atoms with van der Waals surface area (Å²) < 4.78 is 0. The van der Waals surface area contributed by atoms with Gasteiger partial charge in [0.25, 0.3) is 5.91 Å². The van der Waals surface area contributed by atoms with Crippen molar-refractivity contribution in [2.24, 2.45) is 10.2 Å².